The van der Waals surface area contributed by atoms with Crippen LogP contribution in [0.4, 0.5) is 14.9 Å². The third kappa shape index (κ3) is 4.48. The zero-order chi connectivity index (χ0) is 29.8. The molecule has 8 nitrogen and oxygen atoms in total. The van der Waals surface area contributed by atoms with Gasteiger partial charge in [0.25, 0.3) is 0 Å². The molecule has 0 spiro atoms. The average Bonchev–Trinajstić information content (AvgIpc) is 3.48. The number of hydrogen-bond acceptors (Lipinski definition) is 6. The summed E-state index contributed by atoms with van der Waals surface area (Å²) < 4.78 is 55.1. The molecule has 0 unspecified atom stereocenters. The summed E-state index contributed by atoms with van der Waals surface area (Å²) >= 11 is 0. The number of anilines is 1. The Kier molecular flexibility index (Phi) is 5.74. The zero-order valence-electron chi connectivity index (χ0n) is 25.2. The molecule has 3 heterocycles. The number of benzene rings is 2. The van der Waals surface area contributed by atoms with Crippen molar-refractivity contribution in [3.63, 3.8) is 0 Å². The van der Waals surface area contributed by atoms with Gasteiger partial charge in [-0.3, -0.25) is 4.90 Å². The number of carbonyl (C=O) groups excluding carboxylic acids is 1. The van der Waals surface area contributed by atoms with Gasteiger partial charge in [0.2, 0.25) is 0 Å². The minimum atomic E-state index is -2.44. The molecule has 1 saturated heterocycles. The molecule has 1 atom stereocenters. The maximum Gasteiger partial charge on any atom is 0.414 e. The number of methoxy groups -OCH3 is 1. The number of carbonyl (C=O) groups is 1. The van der Waals surface area contributed by atoms with Crippen LogP contribution in [0.25, 0.3) is 22.2 Å². The van der Waals surface area contributed by atoms with Gasteiger partial charge in [-0.25, -0.2) is 14.2 Å². The smallest absolute Gasteiger partial charge is 0.414 e. The van der Waals surface area contributed by atoms with Crippen LogP contribution >= 0.6 is 0 Å². The van der Waals surface area contributed by atoms with E-state index < -0.39 is 19.2 Å². The quantitative estimate of drug-likeness (QED) is 0.274. The Morgan fingerprint density at radius 1 is 1.08 bits per heavy atom. The second kappa shape index (κ2) is 10.1. The molecule has 0 radical (unpaired) electrons. The Hall–Kier alpha value is -3.72. The summed E-state index contributed by atoms with van der Waals surface area (Å²) in [7, 11) is -2.44. The fourth-order valence-corrected chi connectivity index (χ4v) is 6.10. The molecule has 0 N–H and O–H groups in total. The van der Waals surface area contributed by atoms with Gasteiger partial charge < -0.3 is 18.6 Å². The first-order valence-electron chi connectivity index (χ1n) is 14.9. The van der Waals surface area contributed by atoms with E-state index in [1.54, 1.807) is 24.0 Å². The van der Waals surface area contributed by atoms with Crippen LogP contribution in [0.5, 0.6) is 0 Å². The van der Waals surface area contributed by atoms with Gasteiger partial charge in [-0.1, -0.05) is 11.2 Å². The fourth-order valence-electron chi connectivity index (χ4n) is 6.10. The van der Waals surface area contributed by atoms with E-state index >= 15 is 0 Å². The lowest BCUT2D eigenvalue weighted by molar-refractivity contribution is 0.0582. The zero-order valence-corrected chi connectivity index (χ0v) is 22.2. The molecule has 0 bridgehead atoms. The van der Waals surface area contributed by atoms with Crippen molar-refractivity contribution in [1.82, 2.24) is 14.7 Å². The van der Waals surface area contributed by atoms with Gasteiger partial charge in [0.05, 0.1) is 33.6 Å². The molecule has 39 heavy (non-hydrogen) atoms. The number of amides is 1. The van der Waals surface area contributed by atoms with Gasteiger partial charge in [0.15, 0.2) is 0 Å². The second-order valence-electron chi connectivity index (χ2n) is 10.5. The van der Waals surface area contributed by atoms with Gasteiger partial charge in [-0.2, -0.15) is 0 Å². The maximum atomic E-state index is 14.2. The van der Waals surface area contributed by atoms with Gasteiger partial charge >= 0.3 is 6.09 Å². The molecule has 6 rings (SSSR count). The summed E-state index contributed by atoms with van der Waals surface area (Å²) in [4.78, 5) is 19.9. The molecule has 1 saturated carbocycles. The molecule has 2 aliphatic rings. The van der Waals surface area contributed by atoms with E-state index in [0.717, 1.165) is 27.9 Å². The van der Waals surface area contributed by atoms with Gasteiger partial charge in [0, 0.05) is 30.8 Å². The van der Waals surface area contributed by atoms with E-state index in [4.69, 9.17) is 23.1 Å². The van der Waals surface area contributed by atoms with Gasteiger partial charge in [0.1, 0.15) is 23.4 Å². The summed E-state index contributed by atoms with van der Waals surface area (Å²) in [6, 6.07) is 10.2. The number of fused-ring (bicyclic) bond motifs is 1. The van der Waals surface area contributed by atoms with Crippen LogP contribution in [0.2, 0.25) is 0 Å². The lowest BCUT2D eigenvalue weighted by Gasteiger charge is -2.37. The van der Waals surface area contributed by atoms with Crippen LogP contribution in [0, 0.1) is 26.6 Å². The third-order valence-electron chi connectivity index (χ3n) is 8.06. The van der Waals surface area contributed by atoms with Crippen molar-refractivity contribution in [3.8, 4) is 11.1 Å². The number of halogens is 1. The van der Waals surface area contributed by atoms with Crippen molar-refractivity contribution < 1.29 is 27.3 Å². The Bertz CT molecular complexity index is 1620. The average molecular weight is 536 g/mol. The number of aryl methyl sites for hydroxylation is 3. The fraction of sp³-hybridized carbons (Fsp3) is 0.433. The Balaban J connectivity index is 1.46. The van der Waals surface area contributed by atoms with Crippen molar-refractivity contribution in [2.45, 2.75) is 71.1 Å². The first kappa shape index (κ1) is 22.1. The number of nitrogens with zero attached hydrogens (tertiary/aromatic N) is 4. The highest BCUT2D eigenvalue weighted by Crippen LogP contribution is 2.41. The van der Waals surface area contributed by atoms with Crippen molar-refractivity contribution in [2.75, 3.05) is 18.5 Å². The summed E-state index contributed by atoms with van der Waals surface area (Å²) in [5.41, 5.74) is 5.27. The Labute approximate surface area is 230 Å². The minimum absolute atomic E-state index is 0.0149. The lowest BCUT2D eigenvalue weighted by Crippen LogP contribution is -2.42. The number of ether oxygens (including phenoxy) is 2. The van der Waals surface area contributed by atoms with Crippen LogP contribution in [0.15, 0.2) is 40.9 Å². The second-order valence-corrected chi connectivity index (χ2v) is 10.5. The third-order valence-corrected chi connectivity index (χ3v) is 8.06. The molecule has 4 aromatic rings. The summed E-state index contributed by atoms with van der Waals surface area (Å²) in [5, 5.41) is 4.10. The number of aromatic nitrogens is 3. The van der Waals surface area contributed by atoms with Crippen LogP contribution in [-0.2, 0) is 9.47 Å². The SMILES string of the molecule is [2H]C([2H])([2H])OC1CCC(n2c([C@@H]3CCOC(=O)N3c3ccc(F)c(C)c3)nc3cc(-c4c(C)noc4C)ccc32)CC1. The van der Waals surface area contributed by atoms with Crippen molar-refractivity contribution in [3.05, 3.63) is 65.1 Å². The predicted octanol–water partition coefficient (Wildman–Crippen LogP) is 6.97. The summed E-state index contributed by atoms with van der Waals surface area (Å²) in [6.45, 7) is 5.66. The van der Waals surface area contributed by atoms with Crippen molar-refractivity contribution in [1.29, 1.82) is 0 Å². The largest absolute Gasteiger partial charge is 0.449 e. The van der Waals surface area contributed by atoms with E-state index in [2.05, 4.69) is 9.72 Å². The molecule has 1 aliphatic carbocycles. The summed E-state index contributed by atoms with van der Waals surface area (Å²) in [6.07, 6.45) is 2.21. The highest BCUT2D eigenvalue weighted by Gasteiger charge is 2.38. The van der Waals surface area contributed by atoms with Crippen molar-refractivity contribution >= 4 is 22.8 Å². The topological polar surface area (TPSA) is 82.6 Å². The Morgan fingerprint density at radius 2 is 1.90 bits per heavy atom. The molecule has 1 aliphatic heterocycles. The molecular formula is C30H33FN4O4. The van der Waals surface area contributed by atoms with Gasteiger partial charge in [-0.05, 0) is 87.9 Å². The molecule has 204 valence electrons. The molecule has 2 aromatic heterocycles. The van der Waals surface area contributed by atoms with Crippen LogP contribution in [0.1, 0.15) is 71.1 Å². The van der Waals surface area contributed by atoms with Crippen LogP contribution in [0.3, 0.4) is 0 Å². The van der Waals surface area contributed by atoms with E-state index in [1.165, 1.54) is 6.07 Å². The molecule has 9 heteroatoms. The van der Waals surface area contributed by atoms with Crippen molar-refractivity contribution in [2.24, 2.45) is 0 Å². The van der Waals surface area contributed by atoms with Crippen LogP contribution in [-0.4, -0.2) is 40.5 Å². The molecular weight excluding hydrogens is 499 g/mol. The van der Waals surface area contributed by atoms with E-state index in [1.807, 2.05) is 32.0 Å². The molecule has 1 amide bonds. The first-order chi connectivity index (χ1) is 20.0. The summed E-state index contributed by atoms with van der Waals surface area (Å²) in [5.74, 6) is 1.07. The number of rotatable bonds is 5. The minimum Gasteiger partial charge on any atom is -0.449 e. The Morgan fingerprint density at radius 3 is 2.62 bits per heavy atom. The highest BCUT2D eigenvalue weighted by atomic mass is 19.1. The molecule has 2 aromatic carbocycles. The monoisotopic (exact) mass is 535 g/mol. The highest BCUT2D eigenvalue weighted by molar-refractivity contribution is 5.90. The van der Waals surface area contributed by atoms with E-state index in [0.29, 0.717) is 54.9 Å². The standard InChI is InChI=1S/C30H33FN4O4/c1-17-15-22(8-11-24(17)31)35-27(13-14-38-30(35)36)29-32-25-16-20(28-18(2)33-39-19(28)3)5-12-26(25)34(29)21-6-9-23(37-4)10-7-21/h5,8,11-12,15-16,21,23,27H,6-7,9-10,13-14H2,1-4H3/t21?,23?,27-/m0/s1/i4D3. The number of imidazole rings is 1. The van der Waals surface area contributed by atoms with E-state index in [9.17, 15) is 9.18 Å². The number of hydrogen-bond donors (Lipinski definition) is 0. The maximum absolute atomic E-state index is 14.2. The molecule has 2 fully saturated rings. The van der Waals surface area contributed by atoms with E-state index in [-0.39, 0.29) is 24.6 Å². The predicted molar refractivity (Wildman–Crippen MR) is 145 cm³/mol. The lowest BCUT2D eigenvalue weighted by atomic mass is 9.92. The van der Waals surface area contributed by atoms with Gasteiger partial charge in [-0.15, -0.1) is 0 Å². The first-order valence-corrected chi connectivity index (χ1v) is 13.4. The van der Waals surface area contributed by atoms with Crippen LogP contribution < -0.4 is 4.90 Å². The number of cyclic esters (lactones) is 1. The normalized spacial score (nSPS) is 23.4.